The van der Waals surface area contributed by atoms with Gasteiger partial charge < -0.3 is 0 Å². The van der Waals surface area contributed by atoms with Crippen molar-refractivity contribution in [3.8, 4) is 6.07 Å². The zero-order chi connectivity index (χ0) is 18.1. The van der Waals surface area contributed by atoms with E-state index in [1.54, 1.807) is 19.9 Å². The highest BCUT2D eigenvalue weighted by molar-refractivity contribution is 8.14. The fourth-order valence-electron chi connectivity index (χ4n) is 2.47. The molecule has 0 saturated heterocycles. The molecule has 1 aliphatic heterocycles. The molecule has 1 aromatic rings. The van der Waals surface area contributed by atoms with Crippen molar-refractivity contribution < 1.29 is 22.0 Å². The van der Waals surface area contributed by atoms with E-state index in [2.05, 4.69) is 9.98 Å². The van der Waals surface area contributed by atoms with E-state index in [0.29, 0.717) is 12.3 Å². The predicted molar refractivity (Wildman–Crippen MR) is 81.3 cm³/mol. The quantitative estimate of drug-likeness (QED) is 0.735. The van der Waals surface area contributed by atoms with Crippen LogP contribution in [-0.2, 0) is 12.6 Å². The van der Waals surface area contributed by atoms with Crippen LogP contribution in [0.1, 0.15) is 48.4 Å². The van der Waals surface area contributed by atoms with Crippen LogP contribution in [0.25, 0.3) is 0 Å². The highest BCUT2D eigenvalue weighted by Crippen LogP contribution is 2.39. The first-order valence-corrected chi connectivity index (χ1v) is 8.15. The van der Waals surface area contributed by atoms with Crippen molar-refractivity contribution in [3.63, 3.8) is 0 Å². The van der Waals surface area contributed by atoms with Gasteiger partial charge in [0, 0.05) is 17.9 Å². The standard InChI is InChI=1S/C15H14F5N3S/c1-7(2)5-8-9(6-21)11(13(16)17)23-12(15(18,19)20)10(8)14-22-3-4-24-14/h7,13H,3-5H2,1-2H3. The average Bonchev–Trinajstić information content (AvgIpc) is 2.98. The van der Waals surface area contributed by atoms with Crippen LogP contribution in [0.2, 0.25) is 0 Å². The van der Waals surface area contributed by atoms with Gasteiger partial charge in [-0.25, -0.2) is 13.8 Å². The Labute approximate surface area is 140 Å². The highest BCUT2D eigenvalue weighted by atomic mass is 32.2. The number of halogens is 5. The smallest absolute Gasteiger partial charge is 0.277 e. The summed E-state index contributed by atoms with van der Waals surface area (Å²) in [6.07, 6.45) is -8.12. The summed E-state index contributed by atoms with van der Waals surface area (Å²) in [6.45, 7) is 3.82. The van der Waals surface area contributed by atoms with Crippen molar-refractivity contribution >= 4 is 16.8 Å². The van der Waals surface area contributed by atoms with Crippen molar-refractivity contribution in [2.75, 3.05) is 12.3 Å². The third-order valence-corrected chi connectivity index (χ3v) is 4.32. The number of thioether (sulfide) groups is 1. The van der Waals surface area contributed by atoms with E-state index in [0.717, 1.165) is 11.8 Å². The predicted octanol–water partition coefficient (Wildman–Crippen LogP) is 4.60. The van der Waals surface area contributed by atoms with Crippen LogP contribution in [0.4, 0.5) is 22.0 Å². The number of rotatable bonds is 4. The molecule has 0 aliphatic carbocycles. The lowest BCUT2D eigenvalue weighted by molar-refractivity contribution is -0.141. The van der Waals surface area contributed by atoms with Crippen molar-refractivity contribution in [3.05, 3.63) is 28.1 Å². The van der Waals surface area contributed by atoms with E-state index in [4.69, 9.17) is 0 Å². The number of nitrogens with zero attached hydrogens (tertiary/aromatic N) is 3. The largest absolute Gasteiger partial charge is 0.434 e. The Kier molecular flexibility index (Phi) is 5.48. The second-order valence-electron chi connectivity index (χ2n) is 5.62. The first-order chi connectivity index (χ1) is 11.2. The molecule has 2 heterocycles. The van der Waals surface area contributed by atoms with Gasteiger partial charge in [-0.3, -0.25) is 4.99 Å². The molecule has 0 saturated carbocycles. The Balaban J connectivity index is 2.88. The molecule has 1 aliphatic rings. The van der Waals surface area contributed by atoms with Crippen LogP contribution in [-0.4, -0.2) is 22.3 Å². The van der Waals surface area contributed by atoms with Crippen molar-refractivity contribution in [1.82, 2.24) is 4.98 Å². The van der Waals surface area contributed by atoms with Gasteiger partial charge >= 0.3 is 6.18 Å². The zero-order valence-corrected chi connectivity index (χ0v) is 13.7. The van der Waals surface area contributed by atoms with Gasteiger partial charge in [-0.05, 0) is 17.9 Å². The summed E-state index contributed by atoms with van der Waals surface area (Å²) in [4.78, 5) is 7.18. The van der Waals surface area contributed by atoms with E-state index in [1.165, 1.54) is 0 Å². The van der Waals surface area contributed by atoms with Crippen LogP contribution in [0.5, 0.6) is 0 Å². The minimum Gasteiger partial charge on any atom is -0.277 e. The molecule has 0 spiro atoms. The van der Waals surface area contributed by atoms with Gasteiger partial charge in [0.1, 0.15) is 16.8 Å². The Morgan fingerprint density at radius 1 is 1.29 bits per heavy atom. The summed E-state index contributed by atoms with van der Waals surface area (Å²) in [5.74, 6) is 0.378. The molecule has 2 rings (SSSR count). The molecule has 0 amide bonds. The lowest BCUT2D eigenvalue weighted by Gasteiger charge is -2.20. The Morgan fingerprint density at radius 2 is 1.96 bits per heavy atom. The van der Waals surface area contributed by atoms with Crippen LogP contribution in [0, 0.1) is 17.2 Å². The van der Waals surface area contributed by atoms with Gasteiger partial charge in [-0.15, -0.1) is 11.8 Å². The van der Waals surface area contributed by atoms with Gasteiger partial charge in [0.25, 0.3) is 6.43 Å². The summed E-state index contributed by atoms with van der Waals surface area (Å²) >= 11 is 1.11. The molecular weight excluding hydrogens is 349 g/mol. The van der Waals surface area contributed by atoms with Crippen LogP contribution >= 0.6 is 11.8 Å². The number of alkyl halides is 5. The van der Waals surface area contributed by atoms with Gasteiger partial charge in [0.05, 0.1) is 5.56 Å². The van der Waals surface area contributed by atoms with E-state index in [9.17, 15) is 27.2 Å². The Hall–Kier alpha value is -1.69. The summed E-state index contributed by atoms with van der Waals surface area (Å²) in [5.41, 5.74) is -3.34. The fourth-order valence-corrected chi connectivity index (χ4v) is 3.39. The van der Waals surface area contributed by atoms with Crippen LogP contribution in [0.15, 0.2) is 4.99 Å². The van der Waals surface area contributed by atoms with Gasteiger partial charge in [0.15, 0.2) is 5.69 Å². The number of hydrogen-bond donors (Lipinski definition) is 0. The molecule has 0 aromatic carbocycles. The topological polar surface area (TPSA) is 49.0 Å². The molecule has 1 aromatic heterocycles. The first-order valence-electron chi connectivity index (χ1n) is 7.16. The van der Waals surface area contributed by atoms with E-state index in [1.807, 2.05) is 0 Å². The van der Waals surface area contributed by atoms with Gasteiger partial charge in [-0.2, -0.15) is 18.4 Å². The van der Waals surface area contributed by atoms with Crippen molar-refractivity contribution in [2.45, 2.75) is 32.9 Å². The first kappa shape index (κ1) is 18.6. The zero-order valence-electron chi connectivity index (χ0n) is 12.9. The molecule has 0 fully saturated rings. The fraction of sp³-hybridized carbons (Fsp3) is 0.533. The normalized spacial score (nSPS) is 15.1. The summed E-state index contributed by atoms with van der Waals surface area (Å²) < 4.78 is 66.7. The third-order valence-electron chi connectivity index (χ3n) is 3.33. The minimum absolute atomic E-state index is 0.0433. The lowest BCUT2D eigenvalue weighted by atomic mass is 9.92. The number of aromatic nitrogens is 1. The molecule has 9 heteroatoms. The Bertz CT molecular complexity index is 705. The Morgan fingerprint density at radius 3 is 2.38 bits per heavy atom. The maximum absolute atomic E-state index is 13.4. The van der Waals surface area contributed by atoms with Gasteiger partial charge in [-0.1, -0.05) is 13.8 Å². The maximum atomic E-state index is 13.4. The molecule has 0 unspecified atom stereocenters. The highest BCUT2D eigenvalue weighted by Gasteiger charge is 2.41. The lowest BCUT2D eigenvalue weighted by Crippen LogP contribution is -2.21. The SMILES string of the molecule is CC(C)Cc1c(C#N)c(C(F)F)nc(C(F)(F)F)c1C1=NCCS1. The molecule has 0 radical (unpaired) electrons. The second kappa shape index (κ2) is 7.05. The molecular formula is C15H14F5N3S. The molecule has 0 N–H and O–H groups in total. The molecule has 0 atom stereocenters. The number of hydrogen-bond acceptors (Lipinski definition) is 4. The van der Waals surface area contributed by atoms with Gasteiger partial charge in [0.2, 0.25) is 0 Å². The average molecular weight is 363 g/mol. The molecule has 3 nitrogen and oxygen atoms in total. The van der Waals surface area contributed by atoms with Crippen molar-refractivity contribution in [2.24, 2.45) is 10.9 Å². The van der Waals surface area contributed by atoms with E-state index in [-0.39, 0.29) is 28.5 Å². The van der Waals surface area contributed by atoms with E-state index >= 15 is 0 Å². The number of nitriles is 1. The van der Waals surface area contributed by atoms with E-state index < -0.39 is 29.6 Å². The molecule has 130 valence electrons. The number of aliphatic imine (C=N–C) groups is 1. The molecule has 0 bridgehead atoms. The van der Waals surface area contributed by atoms with Crippen LogP contribution < -0.4 is 0 Å². The minimum atomic E-state index is -4.91. The second-order valence-corrected chi connectivity index (χ2v) is 6.70. The monoisotopic (exact) mass is 363 g/mol. The number of pyridine rings is 1. The van der Waals surface area contributed by atoms with Crippen molar-refractivity contribution in [1.29, 1.82) is 5.26 Å². The summed E-state index contributed by atoms with van der Waals surface area (Å²) in [7, 11) is 0. The molecule has 24 heavy (non-hydrogen) atoms. The summed E-state index contributed by atoms with van der Waals surface area (Å²) in [6, 6.07) is 1.62. The third kappa shape index (κ3) is 3.69. The van der Waals surface area contributed by atoms with Crippen LogP contribution in [0.3, 0.4) is 0 Å². The summed E-state index contributed by atoms with van der Waals surface area (Å²) in [5, 5.41) is 9.38. The maximum Gasteiger partial charge on any atom is 0.434 e.